The van der Waals surface area contributed by atoms with Crippen LogP contribution in [0.1, 0.15) is 27.8 Å². The van der Waals surface area contributed by atoms with E-state index in [-0.39, 0.29) is 22.1 Å². The molecule has 0 unspecified atom stereocenters. The normalized spacial score (nSPS) is 10.9. The molecule has 0 aliphatic rings. The molecule has 1 aromatic carbocycles. The monoisotopic (exact) mass is 321 g/mol. The molecule has 0 aliphatic heterocycles. The molecule has 8 heteroatoms. The highest BCUT2D eigenvalue weighted by atomic mass is 32.1. The van der Waals surface area contributed by atoms with Crippen molar-refractivity contribution < 1.29 is 18.4 Å². The van der Waals surface area contributed by atoms with Crippen molar-refractivity contribution in [3.8, 4) is 0 Å². The summed E-state index contributed by atoms with van der Waals surface area (Å²) >= 11 is 1.03. The summed E-state index contributed by atoms with van der Waals surface area (Å²) < 4.78 is 26.7. The molecule has 0 fully saturated rings. The van der Waals surface area contributed by atoms with Crippen LogP contribution in [0.25, 0.3) is 10.2 Å². The predicted molar refractivity (Wildman–Crippen MR) is 78.3 cm³/mol. The number of amides is 1. The standard InChI is InChI=1S/C14H9F2N3O2S/c1-6(20)7-2-11(17-5-7)13(21)19-14-18-10-3-8(15)9(16)4-12(10)22-14/h2-5,17H,1H3,(H,18,19,21). The summed E-state index contributed by atoms with van der Waals surface area (Å²) in [6.07, 6.45) is 1.43. The predicted octanol–water partition coefficient (Wildman–Crippen LogP) is 3.36. The Labute approximate surface area is 127 Å². The van der Waals surface area contributed by atoms with Crippen molar-refractivity contribution in [3.05, 3.63) is 47.3 Å². The molecule has 1 amide bonds. The van der Waals surface area contributed by atoms with Gasteiger partial charge in [0.25, 0.3) is 5.91 Å². The number of aromatic amines is 1. The third-order valence-electron chi connectivity index (χ3n) is 2.99. The summed E-state index contributed by atoms with van der Waals surface area (Å²) in [4.78, 5) is 29.9. The number of aromatic nitrogens is 2. The number of nitrogens with one attached hydrogen (secondary N) is 2. The lowest BCUT2D eigenvalue weighted by molar-refractivity contribution is 0.101. The van der Waals surface area contributed by atoms with Crippen LogP contribution < -0.4 is 5.32 Å². The summed E-state index contributed by atoms with van der Waals surface area (Å²) in [5.74, 6) is -2.62. The Morgan fingerprint density at radius 1 is 1.23 bits per heavy atom. The second-order valence-corrected chi connectivity index (χ2v) is 5.60. The van der Waals surface area contributed by atoms with Gasteiger partial charge in [-0.1, -0.05) is 11.3 Å². The Balaban J connectivity index is 1.85. The number of anilines is 1. The zero-order chi connectivity index (χ0) is 15.9. The molecule has 0 aliphatic carbocycles. The molecule has 0 bridgehead atoms. The second-order valence-electron chi connectivity index (χ2n) is 4.57. The van der Waals surface area contributed by atoms with Crippen LogP contribution in [-0.4, -0.2) is 21.7 Å². The number of halogens is 2. The second kappa shape index (κ2) is 5.30. The largest absolute Gasteiger partial charge is 0.356 e. The van der Waals surface area contributed by atoms with E-state index in [1.165, 1.54) is 19.2 Å². The first kappa shape index (κ1) is 14.3. The Kier molecular flexibility index (Phi) is 3.45. The van der Waals surface area contributed by atoms with Crippen LogP contribution in [0.3, 0.4) is 0 Å². The number of benzene rings is 1. The summed E-state index contributed by atoms with van der Waals surface area (Å²) in [6, 6.07) is 3.42. The fourth-order valence-electron chi connectivity index (χ4n) is 1.87. The Hall–Kier alpha value is -2.61. The van der Waals surface area contributed by atoms with Crippen molar-refractivity contribution in [1.82, 2.24) is 9.97 Å². The highest BCUT2D eigenvalue weighted by Gasteiger charge is 2.14. The molecule has 0 radical (unpaired) electrons. The van der Waals surface area contributed by atoms with E-state index in [4.69, 9.17) is 0 Å². The SMILES string of the molecule is CC(=O)c1c[nH]c(C(=O)Nc2nc3cc(F)c(F)cc3s2)c1. The lowest BCUT2D eigenvalue weighted by atomic mass is 10.2. The third kappa shape index (κ3) is 2.60. The molecule has 3 aromatic rings. The molecule has 0 spiro atoms. The van der Waals surface area contributed by atoms with E-state index in [0.29, 0.717) is 10.3 Å². The van der Waals surface area contributed by atoms with Gasteiger partial charge in [-0.25, -0.2) is 13.8 Å². The maximum Gasteiger partial charge on any atom is 0.273 e. The molecule has 3 rings (SSSR count). The maximum atomic E-state index is 13.1. The van der Waals surface area contributed by atoms with Crippen LogP contribution in [0.15, 0.2) is 24.4 Å². The zero-order valence-corrected chi connectivity index (χ0v) is 12.1. The van der Waals surface area contributed by atoms with Crippen molar-refractivity contribution in [3.63, 3.8) is 0 Å². The van der Waals surface area contributed by atoms with Gasteiger partial charge in [0.15, 0.2) is 22.5 Å². The number of thiazole rings is 1. The van der Waals surface area contributed by atoms with Crippen molar-refractivity contribution >= 4 is 38.4 Å². The Bertz CT molecular complexity index is 862. The number of ketones is 1. The molecule has 2 heterocycles. The number of Topliss-reactive ketones (excluding diaryl/α,β-unsaturated/α-hetero) is 1. The summed E-state index contributed by atoms with van der Waals surface area (Å²) in [6.45, 7) is 1.39. The van der Waals surface area contributed by atoms with E-state index >= 15 is 0 Å². The molecule has 0 saturated heterocycles. The number of H-pyrrole nitrogens is 1. The molecular weight excluding hydrogens is 312 g/mol. The molecule has 112 valence electrons. The van der Waals surface area contributed by atoms with Gasteiger partial charge in [0.05, 0.1) is 10.2 Å². The van der Waals surface area contributed by atoms with Crippen molar-refractivity contribution in [2.24, 2.45) is 0 Å². The summed E-state index contributed by atoms with van der Waals surface area (Å²) in [7, 11) is 0. The quantitative estimate of drug-likeness (QED) is 0.726. The van der Waals surface area contributed by atoms with Gasteiger partial charge in [-0.3, -0.25) is 14.9 Å². The van der Waals surface area contributed by atoms with Crippen LogP contribution in [0, 0.1) is 11.6 Å². The van der Waals surface area contributed by atoms with Gasteiger partial charge < -0.3 is 4.98 Å². The fraction of sp³-hybridized carbons (Fsp3) is 0.0714. The van der Waals surface area contributed by atoms with Crippen molar-refractivity contribution in [2.75, 3.05) is 5.32 Å². The average molecular weight is 321 g/mol. The lowest BCUT2D eigenvalue weighted by Gasteiger charge is -1.97. The minimum Gasteiger partial charge on any atom is -0.356 e. The first-order valence-electron chi connectivity index (χ1n) is 6.20. The van der Waals surface area contributed by atoms with Gasteiger partial charge in [0.1, 0.15) is 5.69 Å². The number of hydrogen-bond acceptors (Lipinski definition) is 4. The first-order chi connectivity index (χ1) is 10.4. The number of nitrogens with zero attached hydrogens (tertiary/aromatic N) is 1. The van der Waals surface area contributed by atoms with E-state index in [9.17, 15) is 18.4 Å². The van der Waals surface area contributed by atoms with Gasteiger partial charge >= 0.3 is 0 Å². The van der Waals surface area contributed by atoms with Crippen LogP contribution >= 0.6 is 11.3 Å². The highest BCUT2D eigenvalue weighted by molar-refractivity contribution is 7.22. The van der Waals surface area contributed by atoms with Crippen molar-refractivity contribution in [1.29, 1.82) is 0 Å². The van der Waals surface area contributed by atoms with Gasteiger partial charge in [0.2, 0.25) is 0 Å². The minimum absolute atomic E-state index is 0.166. The van der Waals surface area contributed by atoms with E-state index in [1.54, 1.807) is 0 Å². The van der Waals surface area contributed by atoms with E-state index < -0.39 is 17.5 Å². The lowest BCUT2D eigenvalue weighted by Crippen LogP contribution is -2.11. The maximum absolute atomic E-state index is 13.1. The summed E-state index contributed by atoms with van der Waals surface area (Å²) in [5.41, 5.74) is 0.843. The topological polar surface area (TPSA) is 74.8 Å². The molecule has 0 atom stereocenters. The number of fused-ring (bicyclic) bond motifs is 1. The average Bonchev–Trinajstić information content (AvgIpc) is 3.06. The van der Waals surface area contributed by atoms with Gasteiger partial charge in [-0.2, -0.15) is 0 Å². The van der Waals surface area contributed by atoms with Crippen molar-refractivity contribution in [2.45, 2.75) is 6.92 Å². The third-order valence-corrected chi connectivity index (χ3v) is 3.92. The van der Waals surface area contributed by atoms with Gasteiger partial charge in [-0.15, -0.1) is 0 Å². The zero-order valence-electron chi connectivity index (χ0n) is 11.2. The van der Waals surface area contributed by atoms with E-state index in [1.807, 2.05) is 0 Å². The van der Waals surface area contributed by atoms with E-state index in [0.717, 1.165) is 23.5 Å². The molecule has 2 N–H and O–H groups in total. The first-order valence-corrected chi connectivity index (χ1v) is 7.02. The fourth-order valence-corrected chi connectivity index (χ4v) is 2.74. The number of carbonyl (C=O) groups excluding carboxylic acids is 2. The highest BCUT2D eigenvalue weighted by Crippen LogP contribution is 2.28. The molecule has 0 saturated carbocycles. The molecular formula is C14H9F2N3O2S. The van der Waals surface area contributed by atoms with Crippen LogP contribution in [0.5, 0.6) is 0 Å². The number of rotatable bonds is 3. The van der Waals surface area contributed by atoms with Crippen LogP contribution in [0.2, 0.25) is 0 Å². The smallest absolute Gasteiger partial charge is 0.273 e. The van der Waals surface area contributed by atoms with Gasteiger partial charge in [0, 0.05) is 17.8 Å². The minimum atomic E-state index is -0.994. The number of hydrogen-bond donors (Lipinski definition) is 2. The molecule has 22 heavy (non-hydrogen) atoms. The van der Waals surface area contributed by atoms with Crippen LogP contribution in [0.4, 0.5) is 13.9 Å². The van der Waals surface area contributed by atoms with E-state index in [2.05, 4.69) is 15.3 Å². The molecule has 2 aromatic heterocycles. The summed E-state index contributed by atoms with van der Waals surface area (Å²) in [5, 5.41) is 2.73. The van der Waals surface area contributed by atoms with Gasteiger partial charge in [-0.05, 0) is 19.1 Å². The Morgan fingerprint density at radius 3 is 2.64 bits per heavy atom. The Morgan fingerprint density at radius 2 is 1.95 bits per heavy atom. The van der Waals surface area contributed by atoms with Crippen LogP contribution in [-0.2, 0) is 0 Å². The number of carbonyl (C=O) groups is 2. The molecule has 5 nitrogen and oxygen atoms in total.